The number of hydrogen-bond acceptors (Lipinski definition) is 6. The number of nitrogens with one attached hydrogen (secondary N) is 1. The van der Waals surface area contributed by atoms with Crippen molar-refractivity contribution in [3.05, 3.63) is 77.7 Å². The summed E-state index contributed by atoms with van der Waals surface area (Å²) in [7, 11) is -3.73. The molecule has 1 atom stereocenters. The lowest BCUT2D eigenvalue weighted by Crippen LogP contribution is -2.26. The third-order valence-electron chi connectivity index (χ3n) is 4.25. The summed E-state index contributed by atoms with van der Waals surface area (Å²) < 4.78 is 42.7. The number of hydrogen-bond donors (Lipinski definition) is 1. The molecule has 0 aliphatic carbocycles. The zero-order chi connectivity index (χ0) is 20.9. The van der Waals surface area contributed by atoms with Crippen molar-refractivity contribution in [2.75, 3.05) is 0 Å². The second-order valence-corrected chi connectivity index (χ2v) is 8.51. The molecule has 0 bridgehead atoms. The predicted octanol–water partition coefficient (Wildman–Crippen LogP) is 2.99. The van der Waals surface area contributed by atoms with Crippen LogP contribution in [0.4, 0.5) is 4.39 Å². The number of rotatable bonds is 8. The van der Waals surface area contributed by atoms with E-state index in [0.717, 1.165) is 17.7 Å². The molecule has 3 aromatic rings. The first-order valence-electron chi connectivity index (χ1n) is 8.97. The van der Waals surface area contributed by atoms with Gasteiger partial charge in [-0.1, -0.05) is 35.5 Å². The third kappa shape index (κ3) is 5.71. The maximum Gasteiger partial charge on any atom is 0.227 e. The molecule has 29 heavy (non-hydrogen) atoms. The van der Waals surface area contributed by atoms with Gasteiger partial charge in [-0.05, 0) is 36.8 Å². The van der Waals surface area contributed by atoms with E-state index in [-0.39, 0.29) is 41.4 Å². The molecule has 0 unspecified atom stereocenters. The molecule has 7 nitrogen and oxygen atoms in total. The molecule has 0 fully saturated rings. The Morgan fingerprint density at radius 2 is 1.83 bits per heavy atom. The van der Waals surface area contributed by atoms with E-state index in [1.165, 1.54) is 12.1 Å². The molecule has 0 spiro atoms. The summed E-state index contributed by atoms with van der Waals surface area (Å²) >= 11 is 0. The first kappa shape index (κ1) is 20.7. The summed E-state index contributed by atoms with van der Waals surface area (Å²) in [6, 6.07) is 13.9. The van der Waals surface area contributed by atoms with Crippen LogP contribution in [0, 0.1) is 5.82 Å². The average Bonchev–Trinajstić information content (AvgIpc) is 3.14. The maximum atomic E-state index is 13.0. The fourth-order valence-electron chi connectivity index (χ4n) is 2.70. The van der Waals surface area contributed by atoms with Crippen molar-refractivity contribution in [3.63, 3.8) is 0 Å². The smallest absolute Gasteiger partial charge is 0.227 e. The van der Waals surface area contributed by atoms with Crippen LogP contribution in [0.1, 0.15) is 36.7 Å². The van der Waals surface area contributed by atoms with Crippen molar-refractivity contribution < 1.29 is 22.1 Å². The molecular weight excluding hydrogens is 397 g/mol. The van der Waals surface area contributed by atoms with E-state index in [1.807, 2.05) is 37.3 Å². The lowest BCUT2D eigenvalue weighted by Gasteiger charge is -2.13. The van der Waals surface area contributed by atoms with Gasteiger partial charge < -0.3 is 9.84 Å². The van der Waals surface area contributed by atoms with Crippen molar-refractivity contribution in [1.29, 1.82) is 0 Å². The second kappa shape index (κ2) is 8.95. The molecule has 9 heteroatoms. The first-order chi connectivity index (χ1) is 13.8. The molecule has 1 heterocycles. The number of carbonyl (C=O) groups excluding carboxylic acids is 1. The first-order valence-corrected chi connectivity index (χ1v) is 10.6. The molecule has 0 radical (unpaired) electrons. The van der Waals surface area contributed by atoms with Crippen LogP contribution in [-0.4, -0.2) is 24.5 Å². The average molecular weight is 417 g/mol. The van der Waals surface area contributed by atoms with E-state index in [4.69, 9.17) is 4.52 Å². The van der Waals surface area contributed by atoms with Gasteiger partial charge in [0.1, 0.15) is 11.6 Å². The van der Waals surface area contributed by atoms with Crippen molar-refractivity contribution in [2.24, 2.45) is 0 Å². The molecular formula is C20H20FN3O4S. The topological polar surface area (TPSA) is 102 Å². The van der Waals surface area contributed by atoms with Gasteiger partial charge in [-0.15, -0.1) is 0 Å². The van der Waals surface area contributed by atoms with Gasteiger partial charge in [-0.25, -0.2) is 12.8 Å². The largest absolute Gasteiger partial charge is 0.350 e. The van der Waals surface area contributed by atoms with Gasteiger partial charge in [-0.2, -0.15) is 4.98 Å². The number of carbonyl (C=O) groups is 1. The quantitative estimate of drug-likeness (QED) is 0.565. The molecule has 3 rings (SSSR count). The van der Waals surface area contributed by atoms with E-state index in [2.05, 4.69) is 15.5 Å². The highest BCUT2D eigenvalue weighted by Gasteiger charge is 2.20. The number of aryl methyl sites for hydroxylation is 1. The number of aromatic nitrogens is 2. The normalized spacial score (nSPS) is 12.5. The molecule has 0 aliphatic rings. The molecule has 1 aromatic heterocycles. The van der Waals surface area contributed by atoms with E-state index >= 15 is 0 Å². The Balaban J connectivity index is 1.53. The SMILES string of the molecule is C[C@H](NC(=O)CCc1nc(CS(=O)(=O)c2ccc(F)cc2)no1)c1ccccc1. The molecule has 1 amide bonds. The van der Waals surface area contributed by atoms with Gasteiger partial charge in [0.15, 0.2) is 15.7 Å². The summed E-state index contributed by atoms with van der Waals surface area (Å²) in [5.41, 5.74) is 0.993. The molecule has 2 aromatic carbocycles. The Morgan fingerprint density at radius 3 is 2.52 bits per heavy atom. The second-order valence-electron chi connectivity index (χ2n) is 6.52. The Hall–Kier alpha value is -3.07. The van der Waals surface area contributed by atoms with Gasteiger partial charge in [0.2, 0.25) is 11.8 Å². The summed E-state index contributed by atoms with van der Waals surface area (Å²) in [5, 5.41) is 6.54. The van der Waals surface area contributed by atoms with Crippen LogP contribution in [0.25, 0.3) is 0 Å². The van der Waals surface area contributed by atoms with Crippen LogP contribution in [0.3, 0.4) is 0 Å². The van der Waals surface area contributed by atoms with Gasteiger partial charge in [0.05, 0.1) is 10.9 Å². The van der Waals surface area contributed by atoms with Gasteiger partial charge in [0.25, 0.3) is 0 Å². The summed E-state index contributed by atoms with van der Waals surface area (Å²) in [6.45, 7) is 1.89. The maximum absolute atomic E-state index is 13.0. The Labute approximate surface area is 167 Å². The van der Waals surface area contributed by atoms with Crippen LogP contribution in [0.15, 0.2) is 64.0 Å². The van der Waals surface area contributed by atoms with E-state index in [0.29, 0.717) is 0 Å². The highest BCUT2D eigenvalue weighted by atomic mass is 32.2. The minimum absolute atomic E-state index is 0.0117. The summed E-state index contributed by atoms with van der Waals surface area (Å²) in [5.74, 6) is -1.01. The van der Waals surface area contributed by atoms with E-state index < -0.39 is 21.4 Å². The van der Waals surface area contributed by atoms with Crippen LogP contribution in [0.5, 0.6) is 0 Å². The van der Waals surface area contributed by atoms with E-state index in [9.17, 15) is 17.6 Å². The Morgan fingerprint density at radius 1 is 1.14 bits per heavy atom. The van der Waals surface area contributed by atoms with Gasteiger partial charge in [-0.3, -0.25) is 4.79 Å². The van der Waals surface area contributed by atoms with E-state index in [1.54, 1.807) is 0 Å². The Bertz CT molecular complexity index is 1070. The molecule has 0 aliphatic heterocycles. The van der Waals surface area contributed by atoms with Crippen LogP contribution in [-0.2, 0) is 26.8 Å². The number of nitrogens with zero attached hydrogens (tertiary/aromatic N) is 2. The molecule has 0 saturated carbocycles. The predicted molar refractivity (Wildman–Crippen MR) is 103 cm³/mol. The van der Waals surface area contributed by atoms with Crippen molar-refractivity contribution >= 4 is 15.7 Å². The van der Waals surface area contributed by atoms with Crippen molar-refractivity contribution in [3.8, 4) is 0 Å². The van der Waals surface area contributed by atoms with Gasteiger partial charge in [0, 0.05) is 12.8 Å². The Kier molecular flexibility index (Phi) is 6.38. The molecule has 1 N–H and O–H groups in total. The number of halogens is 1. The zero-order valence-electron chi connectivity index (χ0n) is 15.7. The molecule has 0 saturated heterocycles. The summed E-state index contributed by atoms with van der Waals surface area (Å²) in [6.07, 6.45) is 0.320. The minimum Gasteiger partial charge on any atom is -0.350 e. The van der Waals surface area contributed by atoms with Crippen molar-refractivity contribution in [2.45, 2.75) is 36.5 Å². The number of sulfone groups is 1. The monoisotopic (exact) mass is 417 g/mol. The van der Waals surface area contributed by atoms with Crippen LogP contribution >= 0.6 is 0 Å². The number of benzene rings is 2. The lowest BCUT2D eigenvalue weighted by atomic mass is 10.1. The van der Waals surface area contributed by atoms with Crippen LogP contribution in [0.2, 0.25) is 0 Å². The highest BCUT2D eigenvalue weighted by Crippen LogP contribution is 2.16. The fourth-order valence-corrected chi connectivity index (χ4v) is 3.88. The minimum atomic E-state index is -3.73. The summed E-state index contributed by atoms with van der Waals surface area (Å²) in [4.78, 5) is 16.1. The standard InChI is InChI=1S/C20H20FN3O4S/c1-14(15-5-3-2-4-6-15)22-19(25)11-12-20-23-18(24-28-20)13-29(26,27)17-9-7-16(21)8-10-17/h2-10,14H,11-13H2,1H3,(H,22,25)/t14-/m0/s1. The fraction of sp³-hybridized carbons (Fsp3) is 0.250. The van der Waals surface area contributed by atoms with Gasteiger partial charge >= 0.3 is 0 Å². The third-order valence-corrected chi connectivity index (χ3v) is 5.87. The van der Waals surface area contributed by atoms with Crippen LogP contribution < -0.4 is 5.32 Å². The highest BCUT2D eigenvalue weighted by molar-refractivity contribution is 7.90. The van der Waals surface area contributed by atoms with Crippen molar-refractivity contribution in [1.82, 2.24) is 15.5 Å². The molecule has 152 valence electrons. The number of amides is 1. The zero-order valence-corrected chi connectivity index (χ0v) is 16.5. The lowest BCUT2D eigenvalue weighted by molar-refractivity contribution is -0.121.